The average molecular weight is 168 g/mol. The summed E-state index contributed by atoms with van der Waals surface area (Å²) in [5.41, 5.74) is 1.47. The van der Waals surface area contributed by atoms with Gasteiger partial charge in [0.05, 0.1) is 5.56 Å². The van der Waals surface area contributed by atoms with Crippen molar-refractivity contribution in [1.82, 2.24) is 0 Å². The van der Waals surface area contributed by atoms with E-state index >= 15 is 0 Å². The Morgan fingerprint density at radius 1 is 1.36 bits per heavy atom. The number of benzene rings is 1. The minimum absolute atomic E-state index is 0.340. The Hall–Kier alpha value is -0.880. The van der Waals surface area contributed by atoms with Crippen LogP contribution >= 0.6 is 9.24 Å². The van der Waals surface area contributed by atoms with E-state index in [0.717, 1.165) is 11.7 Å². The number of aromatic carboxylic acids is 1. The number of carboxylic acids is 1. The summed E-state index contributed by atoms with van der Waals surface area (Å²) in [6.07, 6.45) is 0.861. The number of rotatable bonds is 2. The summed E-state index contributed by atoms with van der Waals surface area (Å²) in [5, 5.41) is 8.54. The van der Waals surface area contributed by atoms with Gasteiger partial charge in [-0.25, -0.2) is 4.79 Å². The molecule has 0 saturated heterocycles. The van der Waals surface area contributed by atoms with Gasteiger partial charge in [-0.15, -0.1) is 9.24 Å². The number of hydrogen-bond donors (Lipinski definition) is 1. The van der Waals surface area contributed by atoms with Crippen LogP contribution in [0.4, 0.5) is 0 Å². The van der Waals surface area contributed by atoms with Crippen molar-refractivity contribution >= 4 is 15.2 Å². The van der Waals surface area contributed by atoms with Crippen LogP contribution < -0.4 is 0 Å². The summed E-state index contributed by atoms with van der Waals surface area (Å²) in [6, 6.07) is 6.86. The highest BCUT2D eigenvalue weighted by molar-refractivity contribution is 7.15. The third-order valence-corrected chi connectivity index (χ3v) is 1.91. The van der Waals surface area contributed by atoms with Crippen molar-refractivity contribution in [3.63, 3.8) is 0 Å². The lowest BCUT2D eigenvalue weighted by molar-refractivity contribution is 0.0697. The van der Waals surface area contributed by atoms with Crippen molar-refractivity contribution in [2.75, 3.05) is 0 Å². The molecule has 0 aliphatic heterocycles. The maximum atomic E-state index is 10.4. The van der Waals surface area contributed by atoms with Crippen molar-refractivity contribution < 1.29 is 9.90 Å². The second-order valence-electron chi connectivity index (χ2n) is 2.21. The molecule has 0 fully saturated rings. The summed E-state index contributed by atoms with van der Waals surface area (Å²) < 4.78 is 0. The quantitative estimate of drug-likeness (QED) is 0.683. The molecule has 0 aliphatic carbocycles. The SMILES string of the molecule is O=C(O)c1ccc(CP)cc1. The lowest BCUT2D eigenvalue weighted by atomic mass is 10.1. The third-order valence-electron chi connectivity index (χ3n) is 1.44. The van der Waals surface area contributed by atoms with Crippen LogP contribution in [0.25, 0.3) is 0 Å². The molecule has 1 rings (SSSR count). The van der Waals surface area contributed by atoms with Gasteiger partial charge in [0, 0.05) is 0 Å². The van der Waals surface area contributed by atoms with Crippen LogP contribution in [0.2, 0.25) is 0 Å². The summed E-state index contributed by atoms with van der Waals surface area (Å²) in [7, 11) is 2.59. The summed E-state index contributed by atoms with van der Waals surface area (Å²) in [4.78, 5) is 10.4. The molecule has 0 aromatic heterocycles. The number of carbonyl (C=O) groups is 1. The standard InChI is InChI=1S/C8H9O2P/c9-8(10)7-3-1-6(5-11)2-4-7/h1-4H,5,11H2,(H,9,10). The minimum atomic E-state index is -0.875. The minimum Gasteiger partial charge on any atom is -0.478 e. The molecule has 1 unspecified atom stereocenters. The molecule has 0 aliphatic rings. The van der Waals surface area contributed by atoms with Gasteiger partial charge in [0.2, 0.25) is 0 Å². The van der Waals surface area contributed by atoms with Gasteiger partial charge in [-0.1, -0.05) is 12.1 Å². The molecule has 0 radical (unpaired) electrons. The Bertz CT molecular complexity index is 253. The van der Waals surface area contributed by atoms with Gasteiger partial charge >= 0.3 is 5.97 Å². The zero-order chi connectivity index (χ0) is 8.27. The lowest BCUT2D eigenvalue weighted by Crippen LogP contribution is -1.95. The van der Waals surface area contributed by atoms with Crippen molar-refractivity contribution in [3.05, 3.63) is 35.4 Å². The van der Waals surface area contributed by atoms with Gasteiger partial charge in [0.1, 0.15) is 0 Å². The summed E-state index contributed by atoms with van der Waals surface area (Å²) >= 11 is 0. The van der Waals surface area contributed by atoms with Gasteiger partial charge in [0.25, 0.3) is 0 Å². The Kier molecular flexibility index (Phi) is 2.61. The van der Waals surface area contributed by atoms with E-state index in [4.69, 9.17) is 5.11 Å². The van der Waals surface area contributed by atoms with Crippen LogP contribution in [0, 0.1) is 0 Å². The first-order chi connectivity index (χ1) is 5.24. The van der Waals surface area contributed by atoms with Crippen LogP contribution in [0.15, 0.2) is 24.3 Å². The Morgan fingerprint density at radius 2 is 1.91 bits per heavy atom. The first-order valence-corrected chi connectivity index (χ1v) is 4.08. The van der Waals surface area contributed by atoms with E-state index in [1.807, 2.05) is 12.1 Å². The van der Waals surface area contributed by atoms with E-state index in [2.05, 4.69) is 9.24 Å². The highest BCUT2D eigenvalue weighted by atomic mass is 31.0. The highest BCUT2D eigenvalue weighted by Gasteiger charge is 1.99. The van der Waals surface area contributed by atoms with E-state index in [1.54, 1.807) is 12.1 Å². The van der Waals surface area contributed by atoms with Crippen molar-refractivity contribution in [2.24, 2.45) is 0 Å². The Labute approximate surface area is 67.4 Å². The predicted octanol–water partition coefficient (Wildman–Crippen LogP) is 1.76. The van der Waals surface area contributed by atoms with E-state index in [9.17, 15) is 4.79 Å². The molecule has 11 heavy (non-hydrogen) atoms. The van der Waals surface area contributed by atoms with E-state index in [0.29, 0.717) is 5.56 Å². The molecular formula is C8H9O2P. The van der Waals surface area contributed by atoms with Gasteiger partial charge in [-0.2, -0.15) is 0 Å². The van der Waals surface area contributed by atoms with Crippen LogP contribution in [0.3, 0.4) is 0 Å². The predicted molar refractivity (Wildman–Crippen MR) is 46.8 cm³/mol. The second kappa shape index (κ2) is 3.49. The smallest absolute Gasteiger partial charge is 0.335 e. The zero-order valence-electron chi connectivity index (χ0n) is 5.95. The molecule has 0 saturated carbocycles. The number of hydrogen-bond acceptors (Lipinski definition) is 1. The molecule has 1 aromatic carbocycles. The maximum absolute atomic E-state index is 10.4. The maximum Gasteiger partial charge on any atom is 0.335 e. The molecule has 58 valence electrons. The third kappa shape index (κ3) is 2.02. The van der Waals surface area contributed by atoms with E-state index < -0.39 is 5.97 Å². The highest BCUT2D eigenvalue weighted by Crippen LogP contribution is 2.07. The zero-order valence-corrected chi connectivity index (χ0v) is 7.10. The largest absolute Gasteiger partial charge is 0.478 e. The molecule has 0 heterocycles. The normalized spacial score (nSPS) is 9.55. The molecular weight excluding hydrogens is 159 g/mol. The van der Waals surface area contributed by atoms with Crippen LogP contribution in [-0.4, -0.2) is 11.1 Å². The fraction of sp³-hybridized carbons (Fsp3) is 0.125. The molecule has 1 atom stereocenters. The molecule has 0 amide bonds. The molecule has 2 nitrogen and oxygen atoms in total. The van der Waals surface area contributed by atoms with Crippen LogP contribution in [0.5, 0.6) is 0 Å². The Morgan fingerprint density at radius 3 is 2.27 bits per heavy atom. The van der Waals surface area contributed by atoms with Crippen molar-refractivity contribution in [2.45, 2.75) is 6.16 Å². The Balaban J connectivity index is 2.91. The molecule has 0 bridgehead atoms. The molecule has 3 heteroatoms. The fourth-order valence-corrected chi connectivity index (χ4v) is 1.06. The van der Waals surface area contributed by atoms with Gasteiger partial charge < -0.3 is 5.11 Å². The first kappa shape index (κ1) is 8.22. The average Bonchev–Trinajstić information content (AvgIpc) is 2.05. The topological polar surface area (TPSA) is 37.3 Å². The van der Waals surface area contributed by atoms with Crippen molar-refractivity contribution in [1.29, 1.82) is 0 Å². The van der Waals surface area contributed by atoms with E-state index in [-0.39, 0.29) is 0 Å². The van der Waals surface area contributed by atoms with Gasteiger partial charge in [-0.3, -0.25) is 0 Å². The monoisotopic (exact) mass is 168 g/mol. The van der Waals surface area contributed by atoms with Crippen LogP contribution in [0.1, 0.15) is 15.9 Å². The second-order valence-corrected chi connectivity index (χ2v) is 2.61. The van der Waals surface area contributed by atoms with E-state index in [1.165, 1.54) is 0 Å². The molecule has 1 N–H and O–H groups in total. The van der Waals surface area contributed by atoms with Crippen LogP contribution in [-0.2, 0) is 6.16 Å². The van der Waals surface area contributed by atoms with Gasteiger partial charge in [-0.05, 0) is 23.9 Å². The molecule has 1 aromatic rings. The lowest BCUT2D eigenvalue weighted by Gasteiger charge is -1.96. The molecule has 0 spiro atoms. The first-order valence-electron chi connectivity index (χ1n) is 3.26. The summed E-state index contributed by atoms with van der Waals surface area (Å²) in [6.45, 7) is 0. The number of carboxylic acid groups (broad SMARTS) is 1. The van der Waals surface area contributed by atoms with Crippen molar-refractivity contribution in [3.8, 4) is 0 Å². The van der Waals surface area contributed by atoms with Gasteiger partial charge in [0.15, 0.2) is 0 Å². The summed E-state index contributed by atoms with van der Waals surface area (Å²) in [5.74, 6) is -0.875. The fourth-order valence-electron chi connectivity index (χ4n) is 0.783.